The van der Waals surface area contributed by atoms with Crippen molar-refractivity contribution in [2.24, 2.45) is 5.92 Å². The lowest BCUT2D eigenvalue weighted by atomic mass is 10.1. The van der Waals surface area contributed by atoms with Gasteiger partial charge in [-0.25, -0.2) is 8.78 Å². The first-order chi connectivity index (χ1) is 7.99. The summed E-state index contributed by atoms with van der Waals surface area (Å²) in [5.74, 6) is -4.57. The van der Waals surface area contributed by atoms with Crippen LogP contribution < -0.4 is 4.90 Å². The van der Waals surface area contributed by atoms with Crippen molar-refractivity contribution in [2.45, 2.75) is 6.42 Å². The number of benzene rings is 1. The maximum atomic E-state index is 13.0. The zero-order chi connectivity index (χ0) is 12.6. The standard InChI is InChI=1S/C11H9F2NO3/c12-6-3-7(13)5-8(4-6)14-2-1-9(10(14)15)11(16)17/h3-5,9H,1-2H2,(H,16,17)/t9-/m0/s1. The van der Waals surface area contributed by atoms with E-state index in [9.17, 15) is 18.4 Å². The maximum absolute atomic E-state index is 13.0. The zero-order valence-electron chi connectivity index (χ0n) is 8.69. The van der Waals surface area contributed by atoms with Gasteiger partial charge in [-0.2, -0.15) is 0 Å². The molecule has 1 saturated heterocycles. The van der Waals surface area contributed by atoms with Gasteiger partial charge in [-0.1, -0.05) is 0 Å². The van der Waals surface area contributed by atoms with Gasteiger partial charge in [-0.05, 0) is 18.6 Å². The van der Waals surface area contributed by atoms with Crippen LogP contribution in [0, 0.1) is 17.6 Å². The number of rotatable bonds is 2. The van der Waals surface area contributed by atoms with Crippen LogP contribution in [0.15, 0.2) is 18.2 Å². The topological polar surface area (TPSA) is 57.6 Å². The van der Waals surface area contributed by atoms with Crippen molar-refractivity contribution in [1.82, 2.24) is 0 Å². The number of nitrogens with zero attached hydrogens (tertiary/aromatic N) is 1. The average molecular weight is 241 g/mol. The fourth-order valence-corrected chi connectivity index (χ4v) is 1.86. The first-order valence-electron chi connectivity index (χ1n) is 4.99. The van der Waals surface area contributed by atoms with E-state index in [0.29, 0.717) is 6.07 Å². The van der Waals surface area contributed by atoms with Crippen molar-refractivity contribution < 1.29 is 23.5 Å². The van der Waals surface area contributed by atoms with Gasteiger partial charge < -0.3 is 10.0 Å². The van der Waals surface area contributed by atoms with Gasteiger partial charge in [-0.15, -0.1) is 0 Å². The van der Waals surface area contributed by atoms with Crippen LogP contribution in [-0.2, 0) is 9.59 Å². The minimum atomic E-state index is -1.21. The molecule has 0 saturated carbocycles. The van der Waals surface area contributed by atoms with Crippen molar-refractivity contribution in [3.8, 4) is 0 Å². The Labute approximate surface area is 95.5 Å². The second-order valence-electron chi connectivity index (χ2n) is 3.80. The molecule has 17 heavy (non-hydrogen) atoms. The molecule has 1 atom stereocenters. The normalized spacial score (nSPS) is 19.8. The van der Waals surface area contributed by atoms with E-state index < -0.39 is 29.4 Å². The van der Waals surface area contributed by atoms with E-state index in [4.69, 9.17) is 5.11 Å². The number of carboxylic acid groups (broad SMARTS) is 1. The summed E-state index contributed by atoms with van der Waals surface area (Å²) in [6, 6.07) is 2.70. The maximum Gasteiger partial charge on any atom is 0.316 e. The second kappa shape index (κ2) is 4.12. The molecule has 1 aromatic carbocycles. The Hall–Kier alpha value is -1.98. The highest BCUT2D eigenvalue weighted by Gasteiger charge is 2.37. The minimum absolute atomic E-state index is 0.0521. The van der Waals surface area contributed by atoms with Crippen molar-refractivity contribution >= 4 is 17.6 Å². The molecule has 2 rings (SSSR count). The molecule has 1 heterocycles. The van der Waals surface area contributed by atoms with E-state index in [-0.39, 0.29) is 18.7 Å². The molecule has 1 fully saturated rings. The number of hydrogen-bond donors (Lipinski definition) is 1. The number of amides is 1. The molecule has 0 aromatic heterocycles. The number of anilines is 1. The molecule has 1 N–H and O–H groups in total. The molecule has 1 aliphatic rings. The smallest absolute Gasteiger partial charge is 0.316 e. The van der Waals surface area contributed by atoms with E-state index in [0.717, 1.165) is 17.0 Å². The number of carbonyl (C=O) groups is 2. The van der Waals surface area contributed by atoms with E-state index in [1.54, 1.807) is 0 Å². The van der Waals surface area contributed by atoms with Crippen LogP contribution in [0.5, 0.6) is 0 Å². The fourth-order valence-electron chi connectivity index (χ4n) is 1.86. The molecule has 0 radical (unpaired) electrons. The van der Waals surface area contributed by atoms with Crippen LogP contribution in [0.25, 0.3) is 0 Å². The third kappa shape index (κ3) is 2.11. The van der Waals surface area contributed by atoms with E-state index in [1.165, 1.54) is 0 Å². The van der Waals surface area contributed by atoms with Crippen LogP contribution in [0.1, 0.15) is 6.42 Å². The van der Waals surface area contributed by atoms with Crippen LogP contribution in [-0.4, -0.2) is 23.5 Å². The molecular formula is C11H9F2NO3. The van der Waals surface area contributed by atoms with E-state index >= 15 is 0 Å². The van der Waals surface area contributed by atoms with Gasteiger partial charge in [-0.3, -0.25) is 9.59 Å². The number of hydrogen-bond acceptors (Lipinski definition) is 2. The van der Waals surface area contributed by atoms with Gasteiger partial charge in [0.05, 0.1) is 0 Å². The first kappa shape index (κ1) is 11.5. The number of carboxylic acids is 1. The molecule has 1 aromatic rings. The van der Waals surface area contributed by atoms with E-state index in [2.05, 4.69) is 0 Å². The summed E-state index contributed by atoms with van der Waals surface area (Å²) in [7, 11) is 0. The van der Waals surface area contributed by atoms with Crippen molar-refractivity contribution in [3.63, 3.8) is 0 Å². The molecule has 0 aliphatic carbocycles. The van der Waals surface area contributed by atoms with Gasteiger partial charge in [0.1, 0.15) is 17.6 Å². The number of aliphatic carboxylic acids is 1. The van der Waals surface area contributed by atoms with Gasteiger partial charge in [0.2, 0.25) is 5.91 Å². The van der Waals surface area contributed by atoms with Crippen LogP contribution in [0.3, 0.4) is 0 Å². The Morgan fingerprint density at radius 1 is 1.29 bits per heavy atom. The van der Waals surface area contributed by atoms with Gasteiger partial charge in [0.25, 0.3) is 0 Å². The first-order valence-corrected chi connectivity index (χ1v) is 4.99. The lowest BCUT2D eigenvalue weighted by molar-refractivity contribution is -0.144. The molecule has 0 bridgehead atoms. The van der Waals surface area contributed by atoms with Gasteiger partial charge in [0.15, 0.2) is 0 Å². The summed E-state index contributed by atoms with van der Waals surface area (Å²) in [6.07, 6.45) is 0.145. The highest BCUT2D eigenvalue weighted by atomic mass is 19.1. The predicted molar refractivity (Wildman–Crippen MR) is 54.5 cm³/mol. The summed E-state index contributed by atoms with van der Waals surface area (Å²) < 4.78 is 25.9. The summed E-state index contributed by atoms with van der Waals surface area (Å²) in [5, 5.41) is 8.76. The van der Waals surface area contributed by atoms with Gasteiger partial charge >= 0.3 is 5.97 Å². The Kier molecular flexibility index (Phi) is 2.79. The Bertz CT molecular complexity index is 469. The lowest BCUT2D eigenvalue weighted by Gasteiger charge is -2.16. The summed E-state index contributed by atoms with van der Waals surface area (Å²) in [4.78, 5) is 23.5. The summed E-state index contributed by atoms with van der Waals surface area (Å²) in [6.45, 7) is 0.151. The zero-order valence-corrected chi connectivity index (χ0v) is 8.69. The molecular weight excluding hydrogens is 232 g/mol. The third-order valence-electron chi connectivity index (χ3n) is 2.66. The average Bonchev–Trinajstić information content (AvgIpc) is 2.58. The predicted octanol–water partition coefficient (Wildman–Crippen LogP) is 1.40. The third-order valence-corrected chi connectivity index (χ3v) is 2.66. The number of carbonyl (C=O) groups excluding carboxylic acids is 1. The molecule has 1 aliphatic heterocycles. The minimum Gasteiger partial charge on any atom is -0.481 e. The summed E-state index contributed by atoms with van der Waals surface area (Å²) in [5.41, 5.74) is 0.0521. The fraction of sp³-hybridized carbons (Fsp3) is 0.273. The Morgan fingerprint density at radius 3 is 2.35 bits per heavy atom. The molecule has 0 spiro atoms. The molecule has 90 valence electrons. The molecule has 0 unspecified atom stereocenters. The summed E-state index contributed by atoms with van der Waals surface area (Å²) >= 11 is 0. The van der Waals surface area contributed by atoms with Crippen molar-refractivity contribution in [1.29, 1.82) is 0 Å². The molecule has 6 heteroatoms. The van der Waals surface area contributed by atoms with E-state index in [1.807, 2.05) is 0 Å². The monoisotopic (exact) mass is 241 g/mol. The Morgan fingerprint density at radius 2 is 1.88 bits per heavy atom. The van der Waals surface area contributed by atoms with Crippen molar-refractivity contribution in [3.05, 3.63) is 29.8 Å². The van der Waals surface area contributed by atoms with Crippen molar-refractivity contribution in [2.75, 3.05) is 11.4 Å². The largest absolute Gasteiger partial charge is 0.481 e. The quantitative estimate of drug-likeness (QED) is 0.796. The molecule has 4 nitrogen and oxygen atoms in total. The number of halogens is 2. The van der Waals surface area contributed by atoms with Crippen LogP contribution in [0.4, 0.5) is 14.5 Å². The Balaban J connectivity index is 2.30. The highest BCUT2D eigenvalue weighted by Crippen LogP contribution is 2.26. The van der Waals surface area contributed by atoms with Gasteiger partial charge in [0, 0.05) is 18.3 Å². The second-order valence-corrected chi connectivity index (χ2v) is 3.80. The van der Waals surface area contributed by atoms with Crippen LogP contribution in [0.2, 0.25) is 0 Å². The van der Waals surface area contributed by atoms with Crippen LogP contribution >= 0.6 is 0 Å². The lowest BCUT2D eigenvalue weighted by Crippen LogP contribution is -2.30. The molecule has 1 amide bonds. The highest BCUT2D eigenvalue weighted by molar-refractivity contribution is 6.07. The SMILES string of the molecule is O=C(O)[C@H]1CCN(c2cc(F)cc(F)c2)C1=O.